The van der Waals surface area contributed by atoms with Gasteiger partial charge in [-0.2, -0.15) is 0 Å². The Morgan fingerprint density at radius 3 is 2.21 bits per heavy atom. The smallest absolute Gasteiger partial charge is 0.212 e. The van der Waals surface area contributed by atoms with Crippen molar-refractivity contribution in [2.45, 2.75) is 13.8 Å². The van der Waals surface area contributed by atoms with E-state index in [2.05, 4.69) is 0 Å². The molecule has 0 saturated carbocycles. The molecule has 28 heavy (non-hydrogen) atoms. The zero-order valence-electron chi connectivity index (χ0n) is 15.6. The summed E-state index contributed by atoms with van der Waals surface area (Å²) in [4.78, 5) is 28.0. The summed E-state index contributed by atoms with van der Waals surface area (Å²) in [7, 11) is 0. The van der Waals surface area contributed by atoms with Crippen molar-refractivity contribution in [2.24, 2.45) is 0 Å². The van der Waals surface area contributed by atoms with Crippen LogP contribution in [0.3, 0.4) is 0 Å². The topological polar surface area (TPSA) is 91.0 Å². The number of carbonyl (C=O) groups excluding carboxylic acids is 1. The molecule has 0 saturated heterocycles. The van der Waals surface area contributed by atoms with Crippen molar-refractivity contribution in [3.05, 3.63) is 58.4 Å². The Morgan fingerprint density at radius 1 is 1.00 bits per heavy atom. The maximum atomic E-state index is 13.1. The van der Waals surface area contributed by atoms with Crippen molar-refractivity contribution < 1.29 is 19.4 Å². The van der Waals surface area contributed by atoms with Gasteiger partial charge in [-0.3, -0.25) is 14.5 Å². The van der Waals surface area contributed by atoms with Crippen LogP contribution >= 0.6 is 12.4 Å². The number of Topliss-reactive ketones (excluding diaryl/α,β-unsaturated/α-hetero) is 1. The lowest BCUT2D eigenvalue weighted by Gasteiger charge is -2.17. The van der Waals surface area contributed by atoms with Gasteiger partial charge < -0.3 is 14.6 Å². The molecule has 2 aromatic carbocycles. The molecule has 1 aromatic heterocycles. The number of nitrogens with zero attached hydrogens (tertiary/aromatic N) is 1. The summed E-state index contributed by atoms with van der Waals surface area (Å²) in [6.45, 7) is 5.40. The van der Waals surface area contributed by atoms with E-state index in [1.165, 1.54) is 30.3 Å². The van der Waals surface area contributed by atoms with Gasteiger partial charge in [0.15, 0.2) is 5.76 Å². The van der Waals surface area contributed by atoms with Crippen LogP contribution in [0.2, 0.25) is 0 Å². The van der Waals surface area contributed by atoms with E-state index in [9.17, 15) is 19.8 Å². The number of likely N-dealkylation sites (N-methyl/N-ethyl adjacent to an activating group) is 1. The number of halogens is 1. The molecule has 0 atom stereocenters. The van der Waals surface area contributed by atoms with E-state index in [0.717, 1.165) is 0 Å². The lowest BCUT2D eigenvalue weighted by molar-refractivity contribution is 0.0911. The number of hydrogen-bond donors (Lipinski definition) is 2. The van der Waals surface area contributed by atoms with E-state index >= 15 is 0 Å². The molecule has 0 aliphatic heterocycles. The molecule has 0 aliphatic rings. The summed E-state index contributed by atoms with van der Waals surface area (Å²) in [6.07, 6.45) is 0. The standard InChI is InChI=1S/C21H21NO5.ClH/c1-3-22(4-2)12-17(25)21-19(13-5-7-14(23)8-6-13)20(26)16-10-9-15(24)11-18(16)27-21;/h5-11,23-24H,3-4,12H2,1-2H3;1H. The number of benzene rings is 2. The minimum absolute atomic E-state index is 0. The second-order valence-electron chi connectivity index (χ2n) is 6.25. The molecule has 148 valence electrons. The first-order chi connectivity index (χ1) is 12.9. The minimum atomic E-state index is -0.357. The summed E-state index contributed by atoms with van der Waals surface area (Å²) >= 11 is 0. The van der Waals surface area contributed by atoms with Gasteiger partial charge in [0.05, 0.1) is 17.5 Å². The number of hydrogen-bond acceptors (Lipinski definition) is 6. The van der Waals surface area contributed by atoms with Crippen molar-refractivity contribution in [1.82, 2.24) is 4.90 Å². The Bertz CT molecular complexity index is 1040. The SMILES string of the molecule is CCN(CC)CC(=O)c1oc2cc(O)ccc2c(=O)c1-c1ccc(O)cc1.Cl. The van der Waals surface area contributed by atoms with Gasteiger partial charge in [0, 0.05) is 6.07 Å². The lowest BCUT2D eigenvalue weighted by Crippen LogP contribution is -2.30. The molecule has 0 fully saturated rings. The molecular formula is C21H22ClNO5. The second kappa shape index (κ2) is 8.91. The number of aromatic hydroxyl groups is 2. The van der Waals surface area contributed by atoms with E-state index in [-0.39, 0.29) is 64.0 Å². The Hall–Kier alpha value is -2.83. The normalized spacial score (nSPS) is 10.8. The van der Waals surface area contributed by atoms with E-state index in [1.807, 2.05) is 18.7 Å². The van der Waals surface area contributed by atoms with Crippen molar-refractivity contribution in [3.8, 4) is 22.6 Å². The van der Waals surface area contributed by atoms with Gasteiger partial charge in [0.1, 0.15) is 17.1 Å². The van der Waals surface area contributed by atoms with Crippen molar-refractivity contribution in [2.75, 3.05) is 19.6 Å². The largest absolute Gasteiger partial charge is 0.508 e. The van der Waals surface area contributed by atoms with Crippen LogP contribution in [-0.2, 0) is 0 Å². The zero-order valence-corrected chi connectivity index (χ0v) is 16.5. The van der Waals surface area contributed by atoms with Crippen molar-refractivity contribution >= 4 is 29.2 Å². The number of rotatable bonds is 6. The van der Waals surface area contributed by atoms with E-state index < -0.39 is 0 Å². The van der Waals surface area contributed by atoms with Crippen LogP contribution in [0.25, 0.3) is 22.1 Å². The summed E-state index contributed by atoms with van der Waals surface area (Å²) in [6, 6.07) is 10.2. The van der Waals surface area contributed by atoms with Crippen LogP contribution in [-0.4, -0.2) is 40.5 Å². The number of fused-ring (bicyclic) bond motifs is 1. The third-order valence-corrected chi connectivity index (χ3v) is 4.55. The molecule has 0 amide bonds. The molecule has 0 spiro atoms. The van der Waals surface area contributed by atoms with Crippen LogP contribution in [0.4, 0.5) is 0 Å². The second-order valence-corrected chi connectivity index (χ2v) is 6.25. The molecule has 6 nitrogen and oxygen atoms in total. The third-order valence-electron chi connectivity index (χ3n) is 4.55. The number of phenols is 2. The Kier molecular flexibility index (Phi) is 6.83. The van der Waals surface area contributed by atoms with Gasteiger partial charge in [-0.1, -0.05) is 26.0 Å². The summed E-state index contributed by atoms with van der Waals surface area (Å²) in [5.41, 5.74) is 0.444. The summed E-state index contributed by atoms with van der Waals surface area (Å²) < 4.78 is 5.79. The number of ketones is 1. The van der Waals surface area contributed by atoms with Crippen molar-refractivity contribution in [3.63, 3.8) is 0 Å². The predicted octanol–water partition coefficient (Wildman–Crippen LogP) is 3.82. The van der Waals surface area contributed by atoms with Gasteiger partial charge in [0.2, 0.25) is 11.2 Å². The molecule has 0 radical (unpaired) electrons. The van der Waals surface area contributed by atoms with E-state index in [1.54, 1.807) is 12.1 Å². The average molecular weight is 404 g/mol. The molecule has 0 unspecified atom stereocenters. The molecule has 1 heterocycles. The van der Waals surface area contributed by atoms with Crippen LogP contribution in [0.5, 0.6) is 11.5 Å². The maximum Gasteiger partial charge on any atom is 0.212 e. The highest BCUT2D eigenvalue weighted by molar-refractivity contribution is 6.03. The fourth-order valence-electron chi connectivity index (χ4n) is 2.99. The Labute approximate surface area is 168 Å². The van der Waals surface area contributed by atoms with E-state index in [0.29, 0.717) is 18.7 Å². The minimum Gasteiger partial charge on any atom is -0.508 e. The number of phenolic OH excluding ortho intramolecular Hbond substituents is 2. The third kappa shape index (κ3) is 4.18. The van der Waals surface area contributed by atoms with Gasteiger partial charge >= 0.3 is 0 Å². The fourth-order valence-corrected chi connectivity index (χ4v) is 2.99. The van der Waals surface area contributed by atoms with Crippen molar-refractivity contribution in [1.29, 1.82) is 0 Å². The van der Waals surface area contributed by atoms with Gasteiger partial charge in [-0.05, 0) is 42.9 Å². The molecule has 3 rings (SSSR count). The van der Waals surface area contributed by atoms with Gasteiger partial charge in [0.25, 0.3) is 0 Å². The summed E-state index contributed by atoms with van der Waals surface area (Å²) in [5, 5.41) is 19.5. The fraction of sp³-hybridized carbons (Fsp3) is 0.238. The Balaban J connectivity index is 0.00000280. The van der Waals surface area contributed by atoms with Crippen LogP contribution < -0.4 is 5.43 Å². The predicted molar refractivity (Wildman–Crippen MR) is 111 cm³/mol. The number of carbonyl (C=O) groups is 1. The molecule has 3 aromatic rings. The van der Waals surface area contributed by atoms with Crippen LogP contribution in [0.15, 0.2) is 51.7 Å². The molecule has 2 N–H and O–H groups in total. The molecular weight excluding hydrogens is 382 g/mol. The monoisotopic (exact) mass is 403 g/mol. The highest BCUT2D eigenvalue weighted by Crippen LogP contribution is 2.28. The van der Waals surface area contributed by atoms with Gasteiger partial charge in [-0.25, -0.2) is 0 Å². The average Bonchev–Trinajstić information content (AvgIpc) is 2.66. The van der Waals surface area contributed by atoms with Gasteiger partial charge in [-0.15, -0.1) is 12.4 Å². The molecule has 7 heteroatoms. The molecule has 0 aliphatic carbocycles. The molecule has 0 bridgehead atoms. The highest BCUT2D eigenvalue weighted by Gasteiger charge is 2.23. The zero-order chi connectivity index (χ0) is 19.6. The van der Waals surface area contributed by atoms with Crippen LogP contribution in [0, 0.1) is 0 Å². The Morgan fingerprint density at radius 2 is 1.61 bits per heavy atom. The lowest BCUT2D eigenvalue weighted by atomic mass is 10.00. The quantitative estimate of drug-likeness (QED) is 0.608. The first-order valence-electron chi connectivity index (χ1n) is 8.79. The van der Waals surface area contributed by atoms with E-state index in [4.69, 9.17) is 4.42 Å². The first kappa shape index (κ1) is 21.5. The first-order valence-corrected chi connectivity index (χ1v) is 8.79. The maximum absolute atomic E-state index is 13.1. The summed E-state index contributed by atoms with van der Waals surface area (Å²) in [5.74, 6) is -0.352. The van der Waals surface area contributed by atoms with Crippen LogP contribution in [0.1, 0.15) is 24.4 Å². The highest BCUT2D eigenvalue weighted by atomic mass is 35.5.